The molecule has 21 heavy (non-hydrogen) atoms. The molecule has 0 spiro atoms. The summed E-state index contributed by atoms with van der Waals surface area (Å²) in [6, 6.07) is 10.7. The van der Waals surface area contributed by atoms with E-state index in [0.717, 1.165) is 37.7 Å². The zero-order chi connectivity index (χ0) is 14.8. The summed E-state index contributed by atoms with van der Waals surface area (Å²) in [4.78, 5) is 4.71. The molecule has 0 fully saturated rings. The fourth-order valence-electron chi connectivity index (χ4n) is 2.95. The molecule has 0 atom stereocenters. The number of aryl methyl sites for hydroxylation is 1. The van der Waals surface area contributed by atoms with Crippen LogP contribution in [0, 0.1) is 6.92 Å². The van der Waals surface area contributed by atoms with Crippen LogP contribution in [-0.4, -0.2) is 27.2 Å². The van der Waals surface area contributed by atoms with Crippen molar-refractivity contribution >= 4 is 11.4 Å². The summed E-state index contributed by atoms with van der Waals surface area (Å²) in [5.74, 6) is 2.05. The van der Waals surface area contributed by atoms with Crippen LogP contribution >= 0.6 is 0 Å². The Morgan fingerprint density at radius 1 is 1.19 bits per heavy atom. The summed E-state index contributed by atoms with van der Waals surface area (Å²) in [7, 11) is 4.11. The minimum Gasteiger partial charge on any atom is -0.464 e. The van der Waals surface area contributed by atoms with Gasteiger partial charge in [0.2, 0.25) is 0 Å². The van der Waals surface area contributed by atoms with Crippen LogP contribution in [0.25, 0.3) is 0 Å². The first-order chi connectivity index (χ1) is 10.2. The minimum absolute atomic E-state index is 0.829. The molecule has 0 saturated heterocycles. The third kappa shape index (κ3) is 2.76. The molecular formula is C17H23N3O. The zero-order valence-corrected chi connectivity index (χ0v) is 13.0. The van der Waals surface area contributed by atoms with Gasteiger partial charge in [-0.3, -0.25) is 0 Å². The van der Waals surface area contributed by atoms with Gasteiger partial charge in [-0.15, -0.1) is 0 Å². The monoisotopic (exact) mass is 285 g/mol. The van der Waals surface area contributed by atoms with Gasteiger partial charge in [0, 0.05) is 32.2 Å². The van der Waals surface area contributed by atoms with Crippen LogP contribution < -0.4 is 15.1 Å². The number of hydrogen-bond donors (Lipinski definition) is 1. The second-order valence-corrected chi connectivity index (χ2v) is 5.66. The summed E-state index contributed by atoms with van der Waals surface area (Å²) in [5, 5.41) is 3.18. The Bertz CT molecular complexity index is 620. The Labute approximate surface area is 126 Å². The second kappa shape index (κ2) is 5.82. The van der Waals surface area contributed by atoms with Gasteiger partial charge in [0.15, 0.2) is 0 Å². The smallest absolute Gasteiger partial charge is 0.123 e. The maximum absolute atomic E-state index is 5.92. The van der Waals surface area contributed by atoms with Gasteiger partial charge in [0.05, 0.1) is 17.9 Å². The highest BCUT2D eigenvalue weighted by Gasteiger charge is 2.21. The number of furan rings is 1. The molecule has 1 aromatic carbocycles. The van der Waals surface area contributed by atoms with Gasteiger partial charge >= 0.3 is 0 Å². The lowest BCUT2D eigenvalue weighted by Crippen LogP contribution is -2.38. The Morgan fingerprint density at radius 3 is 2.71 bits per heavy atom. The maximum Gasteiger partial charge on any atom is 0.123 e. The molecular weight excluding hydrogens is 262 g/mol. The predicted molar refractivity (Wildman–Crippen MR) is 87.0 cm³/mol. The van der Waals surface area contributed by atoms with Gasteiger partial charge in [-0.2, -0.15) is 0 Å². The molecule has 2 heterocycles. The molecule has 1 aliphatic heterocycles. The molecule has 4 nitrogen and oxygen atoms in total. The highest BCUT2D eigenvalue weighted by atomic mass is 16.3. The first-order valence-corrected chi connectivity index (χ1v) is 7.47. The van der Waals surface area contributed by atoms with Crippen molar-refractivity contribution in [3.05, 3.63) is 47.4 Å². The first-order valence-electron chi connectivity index (χ1n) is 7.47. The van der Waals surface area contributed by atoms with Crippen molar-refractivity contribution in [2.24, 2.45) is 0 Å². The van der Waals surface area contributed by atoms with Crippen molar-refractivity contribution < 1.29 is 4.42 Å². The first kappa shape index (κ1) is 14.0. The standard InChI is InChI=1S/C17H23N3O/c1-13-14(11-18-2)10-15(21-13)12-20-9-8-19(3)16-6-4-5-7-17(16)20/h4-7,10,18H,8-9,11-12H2,1-3H3. The van der Waals surface area contributed by atoms with Gasteiger partial charge in [0.25, 0.3) is 0 Å². The van der Waals surface area contributed by atoms with Crippen molar-refractivity contribution in [3.63, 3.8) is 0 Å². The fraction of sp³-hybridized carbons (Fsp3) is 0.412. The predicted octanol–water partition coefficient (Wildman–Crippen LogP) is 2.76. The molecule has 0 bridgehead atoms. The number of likely N-dealkylation sites (N-methyl/N-ethyl adjacent to an activating group) is 1. The number of benzene rings is 1. The number of nitrogens with zero attached hydrogens (tertiary/aromatic N) is 2. The van der Waals surface area contributed by atoms with E-state index in [1.165, 1.54) is 16.9 Å². The number of rotatable bonds is 4. The van der Waals surface area contributed by atoms with Gasteiger partial charge < -0.3 is 19.5 Å². The van der Waals surface area contributed by atoms with Crippen LogP contribution in [0.5, 0.6) is 0 Å². The molecule has 0 aliphatic carbocycles. The van der Waals surface area contributed by atoms with Crippen molar-refractivity contribution in [1.29, 1.82) is 0 Å². The van der Waals surface area contributed by atoms with Gasteiger partial charge in [-0.1, -0.05) is 12.1 Å². The molecule has 0 unspecified atom stereocenters. The van der Waals surface area contributed by atoms with Crippen molar-refractivity contribution in [2.75, 3.05) is 37.0 Å². The lowest BCUT2D eigenvalue weighted by molar-refractivity contribution is 0.473. The lowest BCUT2D eigenvalue weighted by Gasteiger charge is -2.36. The normalized spacial score (nSPS) is 14.4. The average Bonchev–Trinajstić information content (AvgIpc) is 2.83. The highest BCUT2D eigenvalue weighted by Crippen LogP contribution is 2.33. The van der Waals surface area contributed by atoms with E-state index >= 15 is 0 Å². The molecule has 4 heteroatoms. The molecule has 1 aliphatic rings. The number of nitrogens with one attached hydrogen (secondary N) is 1. The number of fused-ring (bicyclic) bond motifs is 1. The van der Waals surface area contributed by atoms with Crippen LogP contribution in [-0.2, 0) is 13.1 Å². The van der Waals surface area contributed by atoms with Crippen molar-refractivity contribution in [3.8, 4) is 0 Å². The molecule has 0 saturated carbocycles. The largest absolute Gasteiger partial charge is 0.464 e. The molecule has 2 aromatic rings. The van der Waals surface area contributed by atoms with Crippen molar-refractivity contribution in [1.82, 2.24) is 5.32 Å². The maximum atomic E-state index is 5.92. The van der Waals surface area contributed by atoms with E-state index in [1.807, 2.05) is 14.0 Å². The Morgan fingerprint density at radius 2 is 1.95 bits per heavy atom. The summed E-state index contributed by atoms with van der Waals surface area (Å²) in [6.07, 6.45) is 0. The molecule has 3 rings (SSSR count). The van der Waals surface area contributed by atoms with Crippen LogP contribution in [0.15, 0.2) is 34.7 Å². The van der Waals surface area contributed by atoms with Crippen LogP contribution in [0.4, 0.5) is 11.4 Å². The fourth-order valence-corrected chi connectivity index (χ4v) is 2.95. The zero-order valence-electron chi connectivity index (χ0n) is 13.0. The van der Waals surface area contributed by atoms with Crippen molar-refractivity contribution in [2.45, 2.75) is 20.0 Å². The quantitative estimate of drug-likeness (QED) is 0.936. The SMILES string of the molecule is CNCc1cc(CN2CCN(C)c3ccccc32)oc1C. The topological polar surface area (TPSA) is 31.6 Å². The van der Waals surface area contributed by atoms with Gasteiger partial charge in [-0.25, -0.2) is 0 Å². The Kier molecular flexibility index (Phi) is 3.88. The van der Waals surface area contributed by atoms with E-state index in [4.69, 9.17) is 4.42 Å². The van der Waals surface area contributed by atoms with E-state index in [9.17, 15) is 0 Å². The lowest BCUT2D eigenvalue weighted by atomic mass is 10.1. The van der Waals surface area contributed by atoms with E-state index in [0.29, 0.717) is 0 Å². The second-order valence-electron chi connectivity index (χ2n) is 5.66. The average molecular weight is 285 g/mol. The summed E-state index contributed by atoms with van der Waals surface area (Å²) in [6.45, 7) is 5.78. The summed E-state index contributed by atoms with van der Waals surface area (Å²) < 4.78 is 5.92. The molecule has 0 amide bonds. The van der Waals surface area contributed by atoms with E-state index in [-0.39, 0.29) is 0 Å². The van der Waals surface area contributed by atoms with E-state index in [1.54, 1.807) is 0 Å². The molecule has 112 valence electrons. The van der Waals surface area contributed by atoms with Crippen LogP contribution in [0.2, 0.25) is 0 Å². The number of anilines is 2. The van der Waals surface area contributed by atoms with Gasteiger partial charge in [0.1, 0.15) is 11.5 Å². The summed E-state index contributed by atoms with van der Waals surface area (Å²) in [5.41, 5.74) is 3.83. The third-order valence-corrected chi connectivity index (χ3v) is 4.12. The number of para-hydroxylation sites is 2. The van der Waals surface area contributed by atoms with E-state index < -0.39 is 0 Å². The van der Waals surface area contributed by atoms with Crippen LogP contribution in [0.1, 0.15) is 17.1 Å². The molecule has 1 aromatic heterocycles. The molecule has 1 N–H and O–H groups in total. The Hall–Kier alpha value is -1.94. The minimum atomic E-state index is 0.829. The highest BCUT2D eigenvalue weighted by molar-refractivity contribution is 5.73. The van der Waals surface area contributed by atoms with E-state index in [2.05, 4.69) is 52.5 Å². The Balaban J connectivity index is 1.82. The summed E-state index contributed by atoms with van der Waals surface area (Å²) >= 11 is 0. The van der Waals surface area contributed by atoms with Crippen LogP contribution in [0.3, 0.4) is 0 Å². The number of hydrogen-bond acceptors (Lipinski definition) is 4. The van der Waals surface area contributed by atoms with Gasteiger partial charge in [-0.05, 0) is 32.2 Å². The third-order valence-electron chi connectivity index (χ3n) is 4.12. The molecule has 0 radical (unpaired) electrons.